The number of halogens is 4. The van der Waals surface area contributed by atoms with Crippen LogP contribution in [0.5, 0.6) is 5.75 Å². The van der Waals surface area contributed by atoms with Gasteiger partial charge >= 0.3 is 6.36 Å². The van der Waals surface area contributed by atoms with Crippen molar-refractivity contribution >= 4 is 22.7 Å². The van der Waals surface area contributed by atoms with E-state index >= 15 is 0 Å². The highest BCUT2D eigenvalue weighted by Gasteiger charge is 2.31. The van der Waals surface area contributed by atoms with E-state index in [1.165, 1.54) is 41.1 Å². The normalized spacial score (nSPS) is 11.6. The zero-order valence-corrected chi connectivity index (χ0v) is 19.0. The number of rotatable bonds is 6. The Morgan fingerprint density at radius 2 is 1.67 bits per heavy atom. The summed E-state index contributed by atoms with van der Waals surface area (Å²) in [5, 5.41) is 4.29. The molecule has 0 aliphatic carbocycles. The standard InChI is InChI=1S/C24H19F4N5O3/c1-11-17(12(2)33(32-11)10-13-6-8-14(9-7-13)36-24(26,27)28)19-20(22(29)34)18-15(25)4-3-5-16(18)31-21(19)23(30)35/h3-9H,10H2,1-2H3,(H2,29,34)(H2,30,35). The minimum Gasteiger partial charge on any atom is -0.406 e. The maximum atomic E-state index is 14.8. The molecular weight excluding hydrogens is 482 g/mol. The lowest BCUT2D eigenvalue weighted by atomic mass is 9.92. The third-order valence-electron chi connectivity index (χ3n) is 5.56. The summed E-state index contributed by atoms with van der Waals surface area (Å²) in [6.07, 6.45) is -4.81. The van der Waals surface area contributed by atoms with Gasteiger partial charge < -0.3 is 16.2 Å². The quantitative estimate of drug-likeness (QED) is 0.386. The van der Waals surface area contributed by atoms with E-state index in [0.717, 1.165) is 6.07 Å². The summed E-state index contributed by atoms with van der Waals surface area (Å²) < 4.78 is 57.5. The van der Waals surface area contributed by atoms with Gasteiger partial charge in [-0.25, -0.2) is 9.37 Å². The molecule has 12 heteroatoms. The first kappa shape index (κ1) is 24.6. The molecule has 0 saturated carbocycles. The number of hydrogen-bond acceptors (Lipinski definition) is 5. The van der Waals surface area contributed by atoms with Crippen molar-refractivity contribution in [1.29, 1.82) is 0 Å². The van der Waals surface area contributed by atoms with Gasteiger partial charge in [-0.1, -0.05) is 18.2 Å². The van der Waals surface area contributed by atoms with Crippen molar-refractivity contribution in [2.24, 2.45) is 11.5 Å². The SMILES string of the molecule is Cc1nn(Cc2ccc(OC(F)(F)F)cc2)c(C)c1-c1c(C(N)=O)nc2cccc(F)c2c1C(N)=O. The lowest BCUT2D eigenvalue weighted by molar-refractivity contribution is -0.274. The molecule has 0 aliphatic rings. The highest BCUT2D eigenvalue weighted by molar-refractivity contribution is 6.15. The van der Waals surface area contributed by atoms with Crippen LogP contribution >= 0.6 is 0 Å². The van der Waals surface area contributed by atoms with Crippen molar-refractivity contribution < 1.29 is 31.9 Å². The second-order valence-electron chi connectivity index (χ2n) is 7.97. The van der Waals surface area contributed by atoms with E-state index in [-0.39, 0.29) is 40.0 Å². The molecule has 0 unspecified atom stereocenters. The molecule has 0 saturated heterocycles. The minimum atomic E-state index is -4.81. The summed E-state index contributed by atoms with van der Waals surface area (Å²) in [7, 11) is 0. The number of pyridine rings is 1. The van der Waals surface area contributed by atoms with Gasteiger partial charge in [0.1, 0.15) is 17.3 Å². The van der Waals surface area contributed by atoms with Crippen molar-refractivity contribution in [3.8, 4) is 16.9 Å². The molecule has 2 aromatic carbocycles. The van der Waals surface area contributed by atoms with Crippen molar-refractivity contribution in [1.82, 2.24) is 14.8 Å². The predicted octanol–water partition coefficient (Wildman–Crippen LogP) is 4.00. The summed E-state index contributed by atoms with van der Waals surface area (Å²) in [6, 6.07) is 9.15. The number of alkyl halides is 3. The van der Waals surface area contributed by atoms with E-state index in [9.17, 15) is 27.2 Å². The highest BCUT2D eigenvalue weighted by Crippen LogP contribution is 2.37. The van der Waals surface area contributed by atoms with Crippen LogP contribution in [0.25, 0.3) is 22.0 Å². The lowest BCUT2D eigenvalue weighted by Gasteiger charge is -2.15. The summed E-state index contributed by atoms with van der Waals surface area (Å²) >= 11 is 0. The molecule has 4 rings (SSSR count). The van der Waals surface area contributed by atoms with Crippen LogP contribution in [0.15, 0.2) is 42.5 Å². The average molecular weight is 501 g/mol. The Kier molecular flexibility index (Phi) is 6.12. The Bertz CT molecular complexity index is 1510. The number of ether oxygens (including phenoxy) is 1. The van der Waals surface area contributed by atoms with Crippen molar-refractivity contribution in [3.63, 3.8) is 0 Å². The van der Waals surface area contributed by atoms with Gasteiger partial charge in [-0.2, -0.15) is 5.10 Å². The molecule has 2 heterocycles. The Morgan fingerprint density at radius 1 is 1.00 bits per heavy atom. The van der Waals surface area contributed by atoms with Gasteiger partial charge in [-0.3, -0.25) is 14.3 Å². The number of nitrogens with two attached hydrogens (primary N) is 2. The lowest BCUT2D eigenvalue weighted by Crippen LogP contribution is -2.21. The molecule has 0 radical (unpaired) electrons. The van der Waals surface area contributed by atoms with Crippen LogP contribution in [0.3, 0.4) is 0 Å². The number of carbonyl (C=O) groups is 2. The zero-order valence-electron chi connectivity index (χ0n) is 19.0. The largest absolute Gasteiger partial charge is 0.573 e. The van der Waals surface area contributed by atoms with E-state index in [1.54, 1.807) is 13.8 Å². The molecule has 4 aromatic rings. The third kappa shape index (κ3) is 4.57. The van der Waals surface area contributed by atoms with Gasteiger partial charge in [0.25, 0.3) is 5.91 Å². The molecule has 0 fully saturated rings. The second-order valence-corrected chi connectivity index (χ2v) is 7.97. The second kappa shape index (κ2) is 8.95. The van der Waals surface area contributed by atoms with Gasteiger partial charge in [0.2, 0.25) is 5.91 Å². The van der Waals surface area contributed by atoms with Gasteiger partial charge in [0, 0.05) is 22.2 Å². The number of aromatic nitrogens is 3. The van der Waals surface area contributed by atoms with Crippen LogP contribution in [0, 0.1) is 19.7 Å². The average Bonchev–Trinajstić information content (AvgIpc) is 3.05. The summed E-state index contributed by atoms with van der Waals surface area (Å²) in [6.45, 7) is 3.39. The Morgan fingerprint density at radius 3 is 2.25 bits per heavy atom. The van der Waals surface area contributed by atoms with Crippen LogP contribution < -0.4 is 16.2 Å². The maximum Gasteiger partial charge on any atom is 0.573 e. The van der Waals surface area contributed by atoms with E-state index in [2.05, 4.69) is 14.8 Å². The molecule has 2 aromatic heterocycles. The summed E-state index contributed by atoms with van der Waals surface area (Å²) in [4.78, 5) is 29.1. The van der Waals surface area contributed by atoms with E-state index in [0.29, 0.717) is 22.5 Å². The smallest absolute Gasteiger partial charge is 0.406 e. The van der Waals surface area contributed by atoms with Crippen LogP contribution in [-0.2, 0) is 6.54 Å². The number of benzene rings is 2. The van der Waals surface area contributed by atoms with Gasteiger partial charge in [0.05, 0.1) is 23.3 Å². The first-order chi connectivity index (χ1) is 16.9. The van der Waals surface area contributed by atoms with Crippen molar-refractivity contribution in [2.75, 3.05) is 0 Å². The molecule has 186 valence electrons. The Balaban J connectivity index is 1.86. The predicted molar refractivity (Wildman–Crippen MR) is 122 cm³/mol. The fraction of sp³-hybridized carbons (Fsp3) is 0.167. The van der Waals surface area contributed by atoms with Crippen LogP contribution in [0.4, 0.5) is 17.6 Å². The third-order valence-corrected chi connectivity index (χ3v) is 5.56. The number of aryl methyl sites for hydroxylation is 1. The van der Waals surface area contributed by atoms with E-state index < -0.39 is 24.0 Å². The van der Waals surface area contributed by atoms with E-state index in [4.69, 9.17) is 11.5 Å². The van der Waals surface area contributed by atoms with Crippen molar-refractivity contribution in [2.45, 2.75) is 26.8 Å². The molecule has 0 aliphatic heterocycles. The number of carbonyl (C=O) groups excluding carboxylic acids is 2. The topological polar surface area (TPSA) is 126 Å². The fourth-order valence-electron chi connectivity index (χ4n) is 4.12. The van der Waals surface area contributed by atoms with Crippen LogP contribution in [0.2, 0.25) is 0 Å². The maximum absolute atomic E-state index is 14.8. The van der Waals surface area contributed by atoms with Crippen LogP contribution in [-0.4, -0.2) is 32.9 Å². The van der Waals surface area contributed by atoms with Crippen LogP contribution in [0.1, 0.15) is 37.8 Å². The fourth-order valence-corrected chi connectivity index (χ4v) is 4.12. The Hall–Kier alpha value is -4.48. The highest BCUT2D eigenvalue weighted by atomic mass is 19.4. The monoisotopic (exact) mass is 501 g/mol. The number of nitrogens with zero attached hydrogens (tertiary/aromatic N) is 3. The van der Waals surface area contributed by atoms with Crippen molar-refractivity contribution in [3.05, 3.63) is 76.5 Å². The summed E-state index contributed by atoms with van der Waals surface area (Å²) in [5.41, 5.74) is 12.4. The molecule has 0 spiro atoms. The molecule has 8 nitrogen and oxygen atoms in total. The summed E-state index contributed by atoms with van der Waals surface area (Å²) in [5.74, 6) is -3.07. The number of hydrogen-bond donors (Lipinski definition) is 2. The van der Waals surface area contributed by atoms with Gasteiger partial charge in [-0.15, -0.1) is 13.2 Å². The number of fused-ring (bicyclic) bond motifs is 1. The Labute approximate surface area is 201 Å². The molecule has 0 bridgehead atoms. The molecular formula is C24H19F4N5O3. The zero-order chi connectivity index (χ0) is 26.4. The van der Waals surface area contributed by atoms with Gasteiger partial charge in [-0.05, 0) is 43.7 Å². The number of primary amides is 2. The molecule has 2 amide bonds. The van der Waals surface area contributed by atoms with Gasteiger partial charge in [0.15, 0.2) is 0 Å². The molecule has 4 N–H and O–H groups in total. The first-order valence-corrected chi connectivity index (χ1v) is 10.5. The van der Waals surface area contributed by atoms with E-state index in [1.807, 2.05) is 0 Å². The molecule has 36 heavy (non-hydrogen) atoms. The minimum absolute atomic E-state index is 0.0326. The molecule has 0 atom stereocenters. The number of amides is 2. The first-order valence-electron chi connectivity index (χ1n) is 10.5.